The lowest BCUT2D eigenvalue weighted by molar-refractivity contribution is -0.384. The molecule has 0 saturated heterocycles. The van der Waals surface area contributed by atoms with Crippen molar-refractivity contribution in [3.63, 3.8) is 0 Å². The third-order valence-corrected chi connectivity index (χ3v) is 3.34. The van der Waals surface area contributed by atoms with Gasteiger partial charge in [0.1, 0.15) is 0 Å². The number of carbonyl (C=O) groups is 3. The SMILES string of the molecule is C/C(CC(=O)Nc1cccc([N+](=O)[O-])c1)=N\NC(=O)C(=O)Nc1ccccc1. The number of nitrogens with one attached hydrogen (secondary N) is 3. The molecule has 0 unspecified atom stereocenters. The number of nitrogens with zero attached hydrogens (tertiary/aromatic N) is 2. The molecule has 0 bridgehead atoms. The van der Waals surface area contributed by atoms with E-state index in [1.165, 1.54) is 31.2 Å². The first-order valence-corrected chi connectivity index (χ1v) is 8.09. The Hall–Kier alpha value is -4.08. The second kappa shape index (κ2) is 9.57. The van der Waals surface area contributed by atoms with Gasteiger partial charge in [-0.3, -0.25) is 24.5 Å². The first-order valence-electron chi connectivity index (χ1n) is 8.09. The smallest absolute Gasteiger partial charge is 0.326 e. The minimum absolute atomic E-state index is 0.153. The Morgan fingerprint density at radius 1 is 0.964 bits per heavy atom. The third-order valence-electron chi connectivity index (χ3n) is 3.34. The lowest BCUT2D eigenvalue weighted by Crippen LogP contribution is -2.33. The number of para-hydroxylation sites is 1. The maximum atomic E-state index is 12.0. The number of nitro benzene ring substituents is 1. The van der Waals surface area contributed by atoms with Crippen molar-refractivity contribution in [1.29, 1.82) is 0 Å². The third kappa shape index (κ3) is 6.33. The molecule has 2 rings (SSSR count). The molecule has 2 aromatic rings. The zero-order valence-electron chi connectivity index (χ0n) is 14.8. The van der Waals surface area contributed by atoms with Gasteiger partial charge in [-0.15, -0.1) is 0 Å². The Bertz CT molecular complexity index is 927. The van der Waals surface area contributed by atoms with Crippen molar-refractivity contribution in [2.45, 2.75) is 13.3 Å². The summed E-state index contributed by atoms with van der Waals surface area (Å²) in [6.45, 7) is 1.49. The van der Waals surface area contributed by atoms with Crippen molar-refractivity contribution >= 4 is 40.5 Å². The van der Waals surface area contributed by atoms with Gasteiger partial charge in [-0.1, -0.05) is 24.3 Å². The number of rotatable bonds is 6. The van der Waals surface area contributed by atoms with Gasteiger partial charge in [-0.25, -0.2) is 5.43 Å². The van der Waals surface area contributed by atoms with Crippen molar-refractivity contribution in [3.8, 4) is 0 Å². The van der Waals surface area contributed by atoms with Gasteiger partial charge in [0.25, 0.3) is 5.69 Å². The van der Waals surface area contributed by atoms with Crippen molar-refractivity contribution in [2.75, 3.05) is 10.6 Å². The number of anilines is 2. The highest BCUT2D eigenvalue weighted by atomic mass is 16.6. The highest BCUT2D eigenvalue weighted by Crippen LogP contribution is 2.17. The number of nitro groups is 1. The standard InChI is InChI=1S/C18H17N5O5/c1-12(10-16(24)19-14-8-5-9-15(11-14)23(27)28)21-22-18(26)17(25)20-13-6-3-2-4-7-13/h2-9,11H,10H2,1H3,(H,19,24)(H,20,25)(H,22,26)/b21-12+. The summed E-state index contributed by atoms with van der Waals surface area (Å²) in [6, 6.07) is 13.9. The number of hydrazone groups is 1. The van der Waals surface area contributed by atoms with Crippen molar-refractivity contribution in [3.05, 3.63) is 64.7 Å². The first-order chi connectivity index (χ1) is 13.3. The van der Waals surface area contributed by atoms with Gasteiger partial charge >= 0.3 is 11.8 Å². The van der Waals surface area contributed by atoms with E-state index in [0.29, 0.717) is 5.69 Å². The van der Waals surface area contributed by atoms with E-state index < -0.39 is 22.6 Å². The molecule has 0 spiro atoms. The van der Waals surface area contributed by atoms with Crippen LogP contribution in [0.4, 0.5) is 17.1 Å². The molecule has 0 aliphatic heterocycles. The molecule has 2 aromatic carbocycles. The van der Waals surface area contributed by atoms with Crippen LogP contribution in [-0.2, 0) is 14.4 Å². The van der Waals surface area contributed by atoms with Gasteiger partial charge in [0, 0.05) is 29.2 Å². The topological polar surface area (TPSA) is 143 Å². The van der Waals surface area contributed by atoms with Gasteiger partial charge in [-0.2, -0.15) is 5.10 Å². The van der Waals surface area contributed by atoms with Crippen LogP contribution in [0.1, 0.15) is 13.3 Å². The summed E-state index contributed by atoms with van der Waals surface area (Å²) < 4.78 is 0. The summed E-state index contributed by atoms with van der Waals surface area (Å²) in [7, 11) is 0. The van der Waals surface area contributed by atoms with Gasteiger partial charge in [0.2, 0.25) is 5.91 Å². The summed E-state index contributed by atoms with van der Waals surface area (Å²) >= 11 is 0. The van der Waals surface area contributed by atoms with Crippen molar-refractivity contribution < 1.29 is 19.3 Å². The van der Waals surface area contributed by atoms with Crippen LogP contribution in [0, 0.1) is 10.1 Å². The fourth-order valence-electron chi connectivity index (χ4n) is 2.08. The van der Waals surface area contributed by atoms with E-state index in [0.717, 1.165) is 0 Å². The highest BCUT2D eigenvalue weighted by molar-refractivity contribution is 6.39. The molecular weight excluding hydrogens is 366 g/mol. The molecule has 3 amide bonds. The predicted octanol–water partition coefficient (Wildman–Crippen LogP) is 2.05. The zero-order chi connectivity index (χ0) is 20.5. The molecule has 0 aliphatic rings. The summed E-state index contributed by atoms with van der Waals surface area (Å²) in [6.07, 6.45) is -0.177. The summed E-state index contributed by atoms with van der Waals surface area (Å²) in [5.41, 5.74) is 2.87. The predicted molar refractivity (Wildman–Crippen MR) is 103 cm³/mol. The maximum absolute atomic E-state index is 12.0. The van der Waals surface area contributed by atoms with Gasteiger partial charge in [0.05, 0.1) is 11.3 Å². The van der Waals surface area contributed by atoms with Crippen LogP contribution in [0.15, 0.2) is 59.7 Å². The van der Waals surface area contributed by atoms with Crippen LogP contribution >= 0.6 is 0 Å². The molecule has 0 saturated carbocycles. The fraction of sp³-hybridized carbons (Fsp3) is 0.111. The summed E-state index contributed by atoms with van der Waals surface area (Å²) in [5.74, 6) is -2.36. The molecule has 28 heavy (non-hydrogen) atoms. The Balaban J connectivity index is 1.85. The van der Waals surface area contributed by atoms with E-state index in [1.54, 1.807) is 30.3 Å². The largest absolute Gasteiger partial charge is 0.329 e. The minimum Gasteiger partial charge on any atom is -0.326 e. The van der Waals surface area contributed by atoms with Crippen LogP contribution in [0.3, 0.4) is 0 Å². The van der Waals surface area contributed by atoms with E-state index in [1.807, 2.05) is 0 Å². The molecular formula is C18H17N5O5. The number of benzene rings is 2. The van der Waals surface area contributed by atoms with Crippen LogP contribution in [-0.4, -0.2) is 28.4 Å². The molecule has 144 valence electrons. The number of carbonyl (C=O) groups excluding carboxylic acids is 3. The molecule has 0 aromatic heterocycles. The molecule has 3 N–H and O–H groups in total. The Labute approximate surface area is 159 Å². The van der Waals surface area contributed by atoms with E-state index in [-0.39, 0.29) is 23.5 Å². The Morgan fingerprint density at radius 2 is 1.64 bits per heavy atom. The average molecular weight is 383 g/mol. The molecule has 0 heterocycles. The molecule has 0 aliphatic carbocycles. The highest BCUT2D eigenvalue weighted by Gasteiger charge is 2.14. The molecule has 0 atom stereocenters. The number of non-ortho nitro benzene ring substituents is 1. The van der Waals surface area contributed by atoms with E-state index in [2.05, 4.69) is 21.2 Å². The lowest BCUT2D eigenvalue weighted by atomic mass is 10.2. The Kier molecular flexibility index (Phi) is 6.92. The molecule has 10 heteroatoms. The second-order valence-corrected chi connectivity index (χ2v) is 5.64. The lowest BCUT2D eigenvalue weighted by Gasteiger charge is -2.06. The molecule has 0 radical (unpaired) electrons. The van der Waals surface area contributed by atoms with Crippen LogP contribution in [0.2, 0.25) is 0 Å². The minimum atomic E-state index is -0.984. The normalized spacial score (nSPS) is 10.7. The Morgan fingerprint density at radius 3 is 2.32 bits per heavy atom. The monoisotopic (exact) mass is 383 g/mol. The fourth-order valence-corrected chi connectivity index (χ4v) is 2.08. The van der Waals surface area contributed by atoms with Crippen LogP contribution < -0.4 is 16.1 Å². The van der Waals surface area contributed by atoms with Gasteiger partial charge in [-0.05, 0) is 25.1 Å². The number of hydrogen-bond acceptors (Lipinski definition) is 6. The summed E-state index contributed by atoms with van der Waals surface area (Å²) in [4.78, 5) is 45.6. The molecule has 0 fully saturated rings. The average Bonchev–Trinajstić information content (AvgIpc) is 2.66. The molecule has 10 nitrogen and oxygen atoms in total. The van der Waals surface area contributed by atoms with E-state index in [4.69, 9.17) is 0 Å². The number of hydrogen-bond donors (Lipinski definition) is 3. The van der Waals surface area contributed by atoms with Crippen molar-refractivity contribution in [2.24, 2.45) is 5.10 Å². The summed E-state index contributed by atoms with van der Waals surface area (Å²) in [5, 5.41) is 19.3. The second-order valence-electron chi connectivity index (χ2n) is 5.64. The van der Waals surface area contributed by atoms with Gasteiger partial charge in [0.15, 0.2) is 0 Å². The van der Waals surface area contributed by atoms with Crippen LogP contribution in [0.25, 0.3) is 0 Å². The maximum Gasteiger partial charge on any atom is 0.329 e. The zero-order valence-corrected chi connectivity index (χ0v) is 14.8. The van der Waals surface area contributed by atoms with Gasteiger partial charge < -0.3 is 10.6 Å². The van der Waals surface area contributed by atoms with Crippen molar-refractivity contribution in [1.82, 2.24) is 5.43 Å². The van der Waals surface area contributed by atoms with E-state index >= 15 is 0 Å². The van der Waals surface area contributed by atoms with Crippen LogP contribution in [0.5, 0.6) is 0 Å². The number of amides is 3. The quantitative estimate of drug-likeness (QED) is 0.303. The van der Waals surface area contributed by atoms with E-state index in [9.17, 15) is 24.5 Å². The first kappa shape index (κ1) is 20.2.